The van der Waals surface area contributed by atoms with E-state index in [-0.39, 0.29) is 18.9 Å². The summed E-state index contributed by atoms with van der Waals surface area (Å²) >= 11 is 0. The normalized spacial score (nSPS) is 25.5. The lowest BCUT2D eigenvalue weighted by molar-refractivity contribution is -0.143. The number of hydrogen-bond donors (Lipinski definition) is 4. The first-order valence-corrected chi connectivity index (χ1v) is 5.95. The molecule has 1 aliphatic heterocycles. The summed E-state index contributed by atoms with van der Waals surface area (Å²) in [7, 11) is 0. The monoisotopic (exact) mass is 244 g/mol. The summed E-state index contributed by atoms with van der Waals surface area (Å²) in [6.07, 6.45) is 2.30. The highest BCUT2D eigenvalue weighted by molar-refractivity contribution is 5.90. The molecule has 0 aromatic rings. The van der Waals surface area contributed by atoms with Crippen LogP contribution in [-0.4, -0.2) is 46.8 Å². The van der Waals surface area contributed by atoms with Crippen LogP contribution in [0.25, 0.3) is 0 Å². The minimum Gasteiger partial charge on any atom is -0.480 e. The lowest BCUT2D eigenvalue weighted by Crippen LogP contribution is -2.56. The molecule has 6 heteroatoms. The Morgan fingerprint density at radius 1 is 1.53 bits per heavy atom. The summed E-state index contributed by atoms with van der Waals surface area (Å²) in [5, 5.41) is 23.3. The first kappa shape index (κ1) is 13.9. The minimum atomic E-state index is -1.11. The number of carbonyl (C=O) groups excluding carboxylic acids is 1. The SMILES string of the molecule is CCC1(C(=O)N[C@H](CCO)C(=O)O)CCCN1. The third-order valence-corrected chi connectivity index (χ3v) is 3.30. The van der Waals surface area contributed by atoms with E-state index in [1.807, 2.05) is 6.92 Å². The zero-order valence-electron chi connectivity index (χ0n) is 10.0. The molecule has 0 spiro atoms. The van der Waals surface area contributed by atoms with Crippen LogP contribution in [0.4, 0.5) is 0 Å². The van der Waals surface area contributed by atoms with E-state index < -0.39 is 17.6 Å². The lowest BCUT2D eigenvalue weighted by atomic mass is 9.92. The fourth-order valence-electron chi connectivity index (χ4n) is 2.15. The zero-order valence-corrected chi connectivity index (χ0v) is 10.0. The lowest BCUT2D eigenvalue weighted by Gasteiger charge is -2.28. The number of rotatable bonds is 6. The third-order valence-electron chi connectivity index (χ3n) is 3.30. The summed E-state index contributed by atoms with van der Waals surface area (Å²) in [5.41, 5.74) is -0.636. The van der Waals surface area contributed by atoms with Gasteiger partial charge in [0.1, 0.15) is 6.04 Å². The fourth-order valence-corrected chi connectivity index (χ4v) is 2.15. The number of aliphatic hydroxyl groups excluding tert-OH is 1. The molecular formula is C11H20N2O4. The molecule has 0 aliphatic carbocycles. The summed E-state index contributed by atoms with van der Waals surface area (Å²) in [6.45, 7) is 2.42. The Morgan fingerprint density at radius 3 is 2.65 bits per heavy atom. The Morgan fingerprint density at radius 2 is 2.24 bits per heavy atom. The quantitative estimate of drug-likeness (QED) is 0.503. The molecule has 0 radical (unpaired) electrons. The van der Waals surface area contributed by atoms with Gasteiger partial charge in [0.2, 0.25) is 5.91 Å². The van der Waals surface area contributed by atoms with Crippen molar-refractivity contribution in [3.63, 3.8) is 0 Å². The van der Waals surface area contributed by atoms with Gasteiger partial charge in [-0.1, -0.05) is 6.92 Å². The molecular weight excluding hydrogens is 224 g/mol. The Balaban J connectivity index is 2.65. The molecule has 1 fully saturated rings. The van der Waals surface area contributed by atoms with Crippen molar-refractivity contribution in [3.8, 4) is 0 Å². The molecule has 2 atom stereocenters. The molecule has 98 valence electrons. The second kappa shape index (κ2) is 5.97. The highest BCUT2D eigenvalue weighted by Gasteiger charge is 2.40. The molecule has 0 saturated carbocycles. The molecule has 1 saturated heterocycles. The standard InChI is InChI=1S/C11H20N2O4/c1-2-11(5-3-6-12-11)10(17)13-8(4-7-14)9(15)16/h8,12,14H,2-7H2,1H3,(H,13,17)(H,15,16)/t8-,11?/m1/s1. The molecule has 1 amide bonds. The van der Waals surface area contributed by atoms with Crippen LogP contribution in [0.2, 0.25) is 0 Å². The molecule has 1 unspecified atom stereocenters. The first-order valence-electron chi connectivity index (χ1n) is 5.95. The van der Waals surface area contributed by atoms with E-state index in [9.17, 15) is 9.59 Å². The van der Waals surface area contributed by atoms with Crippen LogP contribution in [0.15, 0.2) is 0 Å². The number of carboxylic acids is 1. The Hall–Kier alpha value is -1.14. The molecule has 1 heterocycles. The van der Waals surface area contributed by atoms with E-state index in [0.717, 1.165) is 19.4 Å². The van der Waals surface area contributed by atoms with Crippen molar-refractivity contribution in [3.05, 3.63) is 0 Å². The van der Waals surface area contributed by atoms with E-state index >= 15 is 0 Å². The van der Waals surface area contributed by atoms with Crippen LogP contribution in [0.3, 0.4) is 0 Å². The molecule has 17 heavy (non-hydrogen) atoms. The number of amides is 1. The van der Waals surface area contributed by atoms with Gasteiger partial charge in [-0.05, 0) is 25.8 Å². The average Bonchev–Trinajstić information content (AvgIpc) is 2.78. The van der Waals surface area contributed by atoms with Crippen molar-refractivity contribution in [2.75, 3.05) is 13.2 Å². The number of aliphatic carboxylic acids is 1. The number of nitrogens with one attached hydrogen (secondary N) is 2. The van der Waals surface area contributed by atoms with Crippen molar-refractivity contribution in [1.29, 1.82) is 0 Å². The minimum absolute atomic E-state index is 0.0286. The first-order chi connectivity index (χ1) is 8.05. The summed E-state index contributed by atoms with van der Waals surface area (Å²) < 4.78 is 0. The van der Waals surface area contributed by atoms with Crippen LogP contribution < -0.4 is 10.6 Å². The van der Waals surface area contributed by atoms with Gasteiger partial charge in [0.15, 0.2) is 0 Å². The molecule has 1 rings (SSSR count). The van der Waals surface area contributed by atoms with Crippen LogP contribution in [0.1, 0.15) is 32.6 Å². The topological polar surface area (TPSA) is 98.7 Å². The van der Waals surface area contributed by atoms with Crippen molar-refractivity contribution < 1.29 is 19.8 Å². The van der Waals surface area contributed by atoms with Crippen molar-refractivity contribution in [2.45, 2.75) is 44.2 Å². The van der Waals surface area contributed by atoms with Gasteiger partial charge < -0.3 is 20.8 Å². The number of carbonyl (C=O) groups is 2. The van der Waals surface area contributed by atoms with Gasteiger partial charge in [0.05, 0.1) is 5.54 Å². The molecule has 0 bridgehead atoms. The molecule has 4 N–H and O–H groups in total. The average molecular weight is 244 g/mol. The smallest absolute Gasteiger partial charge is 0.326 e. The third kappa shape index (κ3) is 3.17. The number of hydrogen-bond acceptors (Lipinski definition) is 4. The summed E-state index contributed by atoms with van der Waals surface area (Å²) in [6, 6.07) is -1.02. The Bertz CT molecular complexity index is 287. The molecule has 1 aliphatic rings. The maximum Gasteiger partial charge on any atom is 0.326 e. The van der Waals surface area contributed by atoms with Gasteiger partial charge in [-0.15, -0.1) is 0 Å². The van der Waals surface area contributed by atoms with E-state index in [2.05, 4.69) is 10.6 Å². The second-order valence-corrected chi connectivity index (χ2v) is 4.34. The highest BCUT2D eigenvalue weighted by atomic mass is 16.4. The zero-order chi connectivity index (χ0) is 12.9. The Labute approximate surface area is 100 Å². The van der Waals surface area contributed by atoms with Crippen molar-refractivity contribution >= 4 is 11.9 Å². The number of aliphatic hydroxyl groups is 1. The second-order valence-electron chi connectivity index (χ2n) is 4.34. The summed E-state index contributed by atoms with van der Waals surface area (Å²) in [5.74, 6) is -1.39. The predicted octanol–water partition coefficient (Wildman–Crippen LogP) is -0.530. The van der Waals surface area contributed by atoms with Crippen molar-refractivity contribution in [1.82, 2.24) is 10.6 Å². The van der Waals surface area contributed by atoms with Gasteiger partial charge in [-0.3, -0.25) is 4.79 Å². The van der Waals surface area contributed by atoms with Crippen LogP contribution in [0, 0.1) is 0 Å². The van der Waals surface area contributed by atoms with Gasteiger partial charge in [-0.25, -0.2) is 4.79 Å². The van der Waals surface area contributed by atoms with Gasteiger partial charge in [0.25, 0.3) is 0 Å². The molecule has 0 aromatic heterocycles. The van der Waals surface area contributed by atoms with Crippen LogP contribution in [-0.2, 0) is 9.59 Å². The molecule has 6 nitrogen and oxygen atoms in total. The predicted molar refractivity (Wildman–Crippen MR) is 61.5 cm³/mol. The maximum absolute atomic E-state index is 12.1. The number of carboxylic acid groups (broad SMARTS) is 1. The summed E-state index contributed by atoms with van der Waals surface area (Å²) in [4.78, 5) is 23.0. The highest BCUT2D eigenvalue weighted by Crippen LogP contribution is 2.23. The van der Waals surface area contributed by atoms with E-state index in [4.69, 9.17) is 10.2 Å². The Kier molecular flexibility index (Phi) is 4.89. The maximum atomic E-state index is 12.1. The van der Waals surface area contributed by atoms with Crippen LogP contribution in [0.5, 0.6) is 0 Å². The van der Waals surface area contributed by atoms with E-state index in [0.29, 0.717) is 6.42 Å². The van der Waals surface area contributed by atoms with Crippen LogP contribution >= 0.6 is 0 Å². The fraction of sp³-hybridized carbons (Fsp3) is 0.818. The van der Waals surface area contributed by atoms with Gasteiger partial charge in [0, 0.05) is 13.0 Å². The molecule has 0 aromatic carbocycles. The van der Waals surface area contributed by atoms with E-state index in [1.165, 1.54) is 0 Å². The largest absolute Gasteiger partial charge is 0.480 e. The van der Waals surface area contributed by atoms with Crippen molar-refractivity contribution in [2.24, 2.45) is 0 Å². The van der Waals surface area contributed by atoms with E-state index in [1.54, 1.807) is 0 Å². The van der Waals surface area contributed by atoms with Gasteiger partial charge >= 0.3 is 5.97 Å². The van der Waals surface area contributed by atoms with Gasteiger partial charge in [-0.2, -0.15) is 0 Å².